The van der Waals surface area contributed by atoms with Crippen molar-refractivity contribution in [1.82, 2.24) is 0 Å². The molecule has 0 fully saturated rings. The quantitative estimate of drug-likeness (QED) is 0.470. The molecule has 2 unspecified atom stereocenters. The maximum atomic E-state index is 12.0. The Bertz CT molecular complexity index is 619. The average molecular weight is 377 g/mol. The Kier molecular flexibility index (Phi) is 9.54. The van der Waals surface area contributed by atoms with E-state index in [2.05, 4.69) is 27.7 Å². The van der Waals surface area contributed by atoms with Gasteiger partial charge in [0.2, 0.25) is 0 Å². The first kappa shape index (κ1) is 23.2. The lowest BCUT2D eigenvalue weighted by Crippen LogP contribution is -2.20. The van der Waals surface area contributed by atoms with Crippen LogP contribution in [0.2, 0.25) is 0 Å². The Morgan fingerprint density at radius 1 is 0.815 bits per heavy atom. The van der Waals surface area contributed by atoms with Gasteiger partial charge in [-0.1, -0.05) is 71.6 Å². The second-order valence-electron chi connectivity index (χ2n) is 8.51. The van der Waals surface area contributed by atoms with Gasteiger partial charge >= 0.3 is 11.9 Å². The van der Waals surface area contributed by atoms with Crippen molar-refractivity contribution in [3.8, 4) is 0 Å². The van der Waals surface area contributed by atoms with Crippen LogP contribution in [0.3, 0.4) is 0 Å². The maximum absolute atomic E-state index is 12.0. The van der Waals surface area contributed by atoms with Crippen LogP contribution in [-0.4, -0.2) is 22.2 Å². The lowest BCUT2D eigenvalue weighted by atomic mass is 9.80. The van der Waals surface area contributed by atoms with Crippen LogP contribution in [0, 0.1) is 18.8 Å². The van der Waals surface area contributed by atoms with E-state index in [1.165, 1.54) is 0 Å². The monoisotopic (exact) mass is 376 g/mol. The van der Waals surface area contributed by atoms with Gasteiger partial charge in [0.25, 0.3) is 0 Å². The topological polar surface area (TPSA) is 74.6 Å². The highest BCUT2D eigenvalue weighted by molar-refractivity contribution is 5.81. The summed E-state index contributed by atoms with van der Waals surface area (Å²) in [7, 11) is 0. The van der Waals surface area contributed by atoms with Gasteiger partial charge in [0.05, 0.1) is 11.8 Å². The van der Waals surface area contributed by atoms with Crippen molar-refractivity contribution in [2.24, 2.45) is 11.8 Å². The van der Waals surface area contributed by atoms with E-state index in [-0.39, 0.29) is 0 Å². The van der Waals surface area contributed by atoms with Crippen molar-refractivity contribution >= 4 is 11.9 Å². The van der Waals surface area contributed by atoms with E-state index < -0.39 is 23.8 Å². The van der Waals surface area contributed by atoms with Crippen LogP contribution in [0.25, 0.3) is 0 Å². The van der Waals surface area contributed by atoms with Gasteiger partial charge in [-0.15, -0.1) is 0 Å². The molecule has 4 nitrogen and oxygen atoms in total. The van der Waals surface area contributed by atoms with E-state index in [9.17, 15) is 19.8 Å². The maximum Gasteiger partial charge on any atom is 0.310 e. The number of aryl methyl sites for hydroxylation is 1. The highest BCUT2D eigenvalue weighted by Crippen LogP contribution is 2.35. The molecule has 0 saturated carbocycles. The zero-order chi connectivity index (χ0) is 20.6. The van der Waals surface area contributed by atoms with Gasteiger partial charge in [-0.25, -0.2) is 0 Å². The number of rotatable bonds is 12. The largest absolute Gasteiger partial charge is 0.481 e. The molecule has 0 aromatic heterocycles. The van der Waals surface area contributed by atoms with E-state index in [1.54, 1.807) is 0 Å². The molecule has 0 heterocycles. The summed E-state index contributed by atoms with van der Waals surface area (Å²) in [6.45, 7) is 10.4. The van der Waals surface area contributed by atoms with E-state index >= 15 is 0 Å². The third-order valence-electron chi connectivity index (χ3n) is 5.23. The zero-order valence-electron chi connectivity index (χ0n) is 17.5. The third kappa shape index (κ3) is 7.36. The van der Waals surface area contributed by atoms with E-state index in [0.29, 0.717) is 35.8 Å². The molecule has 0 aliphatic carbocycles. The van der Waals surface area contributed by atoms with Crippen LogP contribution in [-0.2, 0) is 9.59 Å². The fourth-order valence-corrected chi connectivity index (χ4v) is 3.75. The van der Waals surface area contributed by atoms with Gasteiger partial charge in [-0.3, -0.25) is 9.59 Å². The number of carboxylic acids is 2. The predicted octanol–water partition coefficient (Wildman–Crippen LogP) is 5.98. The van der Waals surface area contributed by atoms with E-state index in [4.69, 9.17) is 0 Å². The molecule has 4 heteroatoms. The lowest BCUT2D eigenvalue weighted by Gasteiger charge is -2.23. The fourth-order valence-electron chi connectivity index (χ4n) is 3.75. The number of benzene rings is 1. The standard InChI is InChI=1S/C23H36O4/c1-15(2)9-6-13-19(22(24)25)18-12-8-11-17(5)21(18)20(23(26)27)14-7-10-16(3)4/h8,11-12,15-16,19-20H,6-7,9-10,13-14H2,1-5H3,(H,24,25)(H,26,27). The molecule has 0 spiro atoms. The van der Waals surface area contributed by atoms with Crippen LogP contribution in [0.1, 0.15) is 94.7 Å². The van der Waals surface area contributed by atoms with Crippen LogP contribution in [0.4, 0.5) is 0 Å². The van der Waals surface area contributed by atoms with Gasteiger partial charge in [0, 0.05) is 0 Å². The van der Waals surface area contributed by atoms with Crippen LogP contribution < -0.4 is 0 Å². The molecule has 152 valence electrons. The van der Waals surface area contributed by atoms with Crippen LogP contribution >= 0.6 is 0 Å². The molecule has 0 bridgehead atoms. The second kappa shape index (κ2) is 11.1. The average Bonchev–Trinajstić information content (AvgIpc) is 2.55. The summed E-state index contributed by atoms with van der Waals surface area (Å²) in [5, 5.41) is 19.7. The first-order valence-corrected chi connectivity index (χ1v) is 10.2. The molecule has 2 atom stereocenters. The van der Waals surface area contributed by atoms with Gasteiger partial charge in [-0.05, 0) is 48.3 Å². The summed E-state index contributed by atoms with van der Waals surface area (Å²) in [5.74, 6) is -1.96. The summed E-state index contributed by atoms with van der Waals surface area (Å²) < 4.78 is 0. The molecule has 0 aliphatic rings. The Morgan fingerprint density at radius 2 is 1.30 bits per heavy atom. The van der Waals surface area contributed by atoms with E-state index in [1.807, 2.05) is 25.1 Å². The van der Waals surface area contributed by atoms with Crippen LogP contribution in [0.15, 0.2) is 18.2 Å². The number of hydrogen-bond donors (Lipinski definition) is 2. The first-order chi connectivity index (χ1) is 12.6. The van der Waals surface area contributed by atoms with Gasteiger partial charge in [0.15, 0.2) is 0 Å². The molecule has 0 amide bonds. The van der Waals surface area contributed by atoms with Crippen molar-refractivity contribution in [2.75, 3.05) is 0 Å². The molecule has 0 saturated heterocycles. The lowest BCUT2D eigenvalue weighted by molar-refractivity contribution is -0.140. The number of carbonyl (C=O) groups is 2. The van der Waals surface area contributed by atoms with Crippen molar-refractivity contribution in [1.29, 1.82) is 0 Å². The van der Waals surface area contributed by atoms with Crippen LogP contribution in [0.5, 0.6) is 0 Å². The minimum absolute atomic E-state index is 0.526. The molecular weight excluding hydrogens is 340 g/mol. The molecule has 0 radical (unpaired) electrons. The minimum Gasteiger partial charge on any atom is -0.481 e. The third-order valence-corrected chi connectivity index (χ3v) is 5.23. The minimum atomic E-state index is -0.864. The SMILES string of the molecule is Cc1cccc(C(CCCC(C)C)C(=O)O)c1C(CCCC(C)C)C(=O)O. The summed E-state index contributed by atoms with van der Waals surface area (Å²) in [5.41, 5.74) is 2.27. The van der Waals surface area contributed by atoms with E-state index in [0.717, 1.165) is 31.2 Å². The van der Waals surface area contributed by atoms with Crippen molar-refractivity contribution in [3.05, 3.63) is 34.9 Å². The smallest absolute Gasteiger partial charge is 0.310 e. The van der Waals surface area contributed by atoms with Crippen molar-refractivity contribution in [2.45, 2.75) is 85.0 Å². The molecule has 2 N–H and O–H groups in total. The molecule has 27 heavy (non-hydrogen) atoms. The number of aliphatic carboxylic acids is 2. The second-order valence-corrected chi connectivity index (χ2v) is 8.51. The summed E-state index contributed by atoms with van der Waals surface area (Å²) >= 11 is 0. The Hall–Kier alpha value is -1.84. The molecule has 1 aromatic rings. The van der Waals surface area contributed by atoms with Gasteiger partial charge < -0.3 is 10.2 Å². The summed E-state index contributed by atoms with van der Waals surface area (Å²) in [6, 6.07) is 5.55. The van der Waals surface area contributed by atoms with Gasteiger partial charge in [0.1, 0.15) is 0 Å². The van der Waals surface area contributed by atoms with Crippen molar-refractivity contribution in [3.63, 3.8) is 0 Å². The molecule has 1 rings (SSSR count). The Morgan fingerprint density at radius 3 is 1.74 bits per heavy atom. The normalized spacial score (nSPS) is 13.7. The zero-order valence-corrected chi connectivity index (χ0v) is 17.5. The first-order valence-electron chi connectivity index (χ1n) is 10.2. The van der Waals surface area contributed by atoms with Gasteiger partial charge in [-0.2, -0.15) is 0 Å². The predicted molar refractivity (Wildman–Crippen MR) is 109 cm³/mol. The summed E-state index contributed by atoms with van der Waals surface area (Å²) in [4.78, 5) is 24.0. The molecule has 0 aliphatic heterocycles. The number of hydrogen-bond acceptors (Lipinski definition) is 2. The highest BCUT2D eigenvalue weighted by Gasteiger charge is 2.30. The fraction of sp³-hybridized carbons (Fsp3) is 0.652. The Labute approximate surface area is 164 Å². The Balaban J connectivity index is 3.20. The highest BCUT2D eigenvalue weighted by atomic mass is 16.4. The number of carboxylic acid groups (broad SMARTS) is 2. The molecular formula is C23H36O4. The summed E-state index contributed by atoms with van der Waals surface area (Å²) in [6.07, 6.45) is 4.69. The molecule has 1 aromatic carbocycles. The van der Waals surface area contributed by atoms with Crippen molar-refractivity contribution < 1.29 is 19.8 Å².